The summed E-state index contributed by atoms with van der Waals surface area (Å²) in [5.41, 5.74) is 0.839. The zero-order valence-electron chi connectivity index (χ0n) is 14.5. The van der Waals surface area contributed by atoms with Crippen LogP contribution in [0.5, 0.6) is 0 Å². The molecule has 2 heterocycles. The van der Waals surface area contributed by atoms with E-state index in [4.69, 9.17) is 4.74 Å². The van der Waals surface area contributed by atoms with Gasteiger partial charge in [-0.25, -0.2) is 0 Å². The van der Waals surface area contributed by atoms with Gasteiger partial charge >= 0.3 is 0 Å². The van der Waals surface area contributed by atoms with Crippen LogP contribution in [0, 0.1) is 5.92 Å². The Bertz CT molecular complexity index is 628. The lowest BCUT2D eigenvalue weighted by molar-refractivity contribution is 0.128. The van der Waals surface area contributed by atoms with Crippen LogP contribution in [0.25, 0.3) is 5.65 Å². The first-order valence-corrected chi connectivity index (χ1v) is 8.01. The first-order valence-electron chi connectivity index (χ1n) is 8.01. The number of rotatable bonds is 8. The minimum atomic E-state index is 0. The van der Waals surface area contributed by atoms with E-state index in [0.717, 1.165) is 37.0 Å². The van der Waals surface area contributed by atoms with Crippen molar-refractivity contribution in [3.8, 4) is 0 Å². The molecule has 0 spiro atoms. The molecule has 0 saturated heterocycles. The van der Waals surface area contributed by atoms with Gasteiger partial charge in [0.2, 0.25) is 0 Å². The van der Waals surface area contributed by atoms with Crippen molar-refractivity contribution in [3.05, 3.63) is 30.2 Å². The summed E-state index contributed by atoms with van der Waals surface area (Å²) in [6.45, 7) is 7.14. The van der Waals surface area contributed by atoms with Crippen molar-refractivity contribution >= 4 is 35.6 Å². The minimum Gasteiger partial charge on any atom is -0.380 e. The Morgan fingerprint density at radius 2 is 2.08 bits per heavy atom. The van der Waals surface area contributed by atoms with E-state index in [1.165, 1.54) is 0 Å². The Morgan fingerprint density at radius 1 is 1.25 bits per heavy atom. The highest BCUT2D eigenvalue weighted by molar-refractivity contribution is 14.0. The summed E-state index contributed by atoms with van der Waals surface area (Å²) >= 11 is 0. The number of nitrogens with one attached hydrogen (secondary N) is 2. The number of hydrogen-bond donors (Lipinski definition) is 2. The van der Waals surface area contributed by atoms with Crippen LogP contribution in [-0.2, 0) is 11.3 Å². The van der Waals surface area contributed by atoms with Crippen molar-refractivity contribution in [1.29, 1.82) is 0 Å². The summed E-state index contributed by atoms with van der Waals surface area (Å²) in [6, 6.07) is 5.83. The number of guanidine groups is 1. The van der Waals surface area contributed by atoms with Gasteiger partial charge in [0.05, 0.1) is 13.2 Å². The fourth-order valence-electron chi connectivity index (χ4n) is 2.06. The monoisotopic (exact) mass is 446 g/mol. The topological polar surface area (TPSA) is 75.8 Å². The van der Waals surface area contributed by atoms with Gasteiger partial charge in [-0.3, -0.25) is 9.39 Å². The van der Waals surface area contributed by atoms with E-state index in [1.54, 1.807) is 7.05 Å². The van der Waals surface area contributed by atoms with Gasteiger partial charge in [0.15, 0.2) is 17.4 Å². The largest absolute Gasteiger partial charge is 0.380 e. The second-order valence-corrected chi connectivity index (χ2v) is 5.69. The molecule has 0 atom stereocenters. The summed E-state index contributed by atoms with van der Waals surface area (Å²) in [5.74, 6) is 2.25. The lowest BCUT2D eigenvalue weighted by atomic mass is 10.1. The van der Waals surface area contributed by atoms with Gasteiger partial charge in [-0.1, -0.05) is 19.9 Å². The number of hydrogen-bond acceptors (Lipinski definition) is 4. The zero-order valence-corrected chi connectivity index (χ0v) is 16.9. The van der Waals surface area contributed by atoms with Crippen molar-refractivity contribution < 1.29 is 4.74 Å². The van der Waals surface area contributed by atoms with Crippen molar-refractivity contribution in [2.75, 3.05) is 26.8 Å². The molecule has 24 heavy (non-hydrogen) atoms. The van der Waals surface area contributed by atoms with Gasteiger partial charge in [-0.2, -0.15) is 0 Å². The molecular weight excluding hydrogens is 419 g/mol. The Hall–Kier alpha value is -1.42. The van der Waals surface area contributed by atoms with E-state index in [2.05, 4.69) is 39.7 Å². The Morgan fingerprint density at radius 3 is 2.83 bits per heavy atom. The molecule has 8 heteroatoms. The van der Waals surface area contributed by atoms with Crippen LogP contribution in [0.3, 0.4) is 0 Å². The molecule has 0 aliphatic rings. The quantitative estimate of drug-likeness (QED) is 0.281. The van der Waals surface area contributed by atoms with Gasteiger partial charge in [-0.15, -0.1) is 34.2 Å². The smallest absolute Gasteiger partial charge is 0.191 e. The molecule has 2 rings (SSSR count). The average molecular weight is 446 g/mol. The van der Waals surface area contributed by atoms with Crippen LogP contribution in [0.2, 0.25) is 0 Å². The number of fused-ring (bicyclic) bond motifs is 1. The minimum absolute atomic E-state index is 0. The first-order chi connectivity index (χ1) is 11.2. The predicted molar refractivity (Wildman–Crippen MR) is 107 cm³/mol. The summed E-state index contributed by atoms with van der Waals surface area (Å²) in [5, 5.41) is 14.8. The summed E-state index contributed by atoms with van der Waals surface area (Å²) in [7, 11) is 1.75. The molecule has 2 aromatic heterocycles. The number of halogens is 1. The van der Waals surface area contributed by atoms with Crippen LogP contribution in [0.15, 0.2) is 29.4 Å². The van der Waals surface area contributed by atoms with E-state index in [0.29, 0.717) is 19.1 Å². The predicted octanol–water partition coefficient (Wildman–Crippen LogP) is 2.07. The lowest BCUT2D eigenvalue weighted by Gasteiger charge is -2.12. The van der Waals surface area contributed by atoms with Gasteiger partial charge < -0.3 is 15.4 Å². The first kappa shape index (κ1) is 20.6. The van der Waals surface area contributed by atoms with Gasteiger partial charge in [0.25, 0.3) is 0 Å². The molecule has 0 aliphatic heterocycles. The molecule has 0 unspecified atom stereocenters. The third-order valence-corrected chi connectivity index (χ3v) is 3.40. The third-order valence-electron chi connectivity index (χ3n) is 3.40. The Labute approximate surface area is 160 Å². The van der Waals surface area contributed by atoms with Crippen molar-refractivity contribution in [1.82, 2.24) is 25.2 Å². The van der Waals surface area contributed by atoms with Crippen LogP contribution in [-0.4, -0.2) is 47.4 Å². The second-order valence-electron chi connectivity index (χ2n) is 5.69. The number of aliphatic imine (C=N–C) groups is 1. The van der Waals surface area contributed by atoms with E-state index < -0.39 is 0 Å². The maximum Gasteiger partial charge on any atom is 0.191 e. The van der Waals surface area contributed by atoms with Crippen LogP contribution < -0.4 is 10.6 Å². The Balaban J connectivity index is 0.00000288. The normalized spacial score (nSPS) is 11.6. The SMILES string of the molecule is CN=C(NCCOCCC(C)C)NCc1nnc2ccccn12.I. The highest BCUT2D eigenvalue weighted by atomic mass is 127. The molecule has 0 radical (unpaired) electrons. The number of aromatic nitrogens is 3. The van der Waals surface area contributed by atoms with Crippen molar-refractivity contribution in [3.63, 3.8) is 0 Å². The highest BCUT2D eigenvalue weighted by Crippen LogP contribution is 2.02. The lowest BCUT2D eigenvalue weighted by Crippen LogP contribution is -2.38. The molecule has 0 aliphatic carbocycles. The van der Waals surface area contributed by atoms with Gasteiger partial charge in [0.1, 0.15) is 0 Å². The average Bonchev–Trinajstić information content (AvgIpc) is 2.96. The molecule has 134 valence electrons. The third kappa shape index (κ3) is 6.60. The van der Waals surface area contributed by atoms with Crippen LogP contribution in [0.1, 0.15) is 26.1 Å². The maximum atomic E-state index is 5.58. The molecular formula is C16H27IN6O. The number of pyridine rings is 1. The van der Waals surface area contributed by atoms with E-state index >= 15 is 0 Å². The molecule has 0 saturated carbocycles. The van der Waals surface area contributed by atoms with Crippen molar-refractivity contribution in [2.45, 2.75) is 26.8 Å². The van der Waals surface area contributed by atoms with Crippen molar-refractivity contribution in [2.24, 2.45) is 10.9 Å². The van der Waals surface area contributed by atoms with Gasteiger partial charge in [0, 0.05) is 26.4 Å². The summed E-state index contributed by atoms with van der Waals surface area (Å²) in [4.78, 5) is 4.20. The van der Waals surface area contributed by atoms with E-state index in [9.17, 15) is 0 Å². The maximum absolute atomic E-state index is 5.58. The standard InChI is InChI=1S/C16H26N6O.HI/c1-13(2)7-10-23-11-8-18-16(17-3)19-12-15-21-20-14-6-4-5-9-22(14)15;/h4-6,9,13H,7-8,10-12H2,1-3H3,(H2,17,18,19);1H. The molecule has 0 amide bonds. The fraction of sp³-hybridized carbons (Fsp3) is 0.562. The molecule has 0 bridgehead atoms. The Kier molecular flexibility index (Phi) is 9.62. The zero-order chi connectivity index (χ0) is 16.5. The van der Waals surface area contributed by atoms with E-state index in [-0.39, 0.29) is 24.0 Å². The van der Waals surface area contributed by atoms with Gasteiger partial charge in [-0.05, 0) is 24.5 Å². The number of ether oxygens (including phenoxy) is 1. The summed E-state index contributed by atoms with van der Waals surface area (Å²) in [6.07, 6.45) is 3.04. The fourth-order valence-corrected chi connectivity index (χ4v) is 2.06. The molecule has 0 fully saturated rings. The molecule has 2 aromatic rings. The molecule has 0 aromatic carbocycles. The van der Waals surface area contributed by atoms with E-state index in [1.807, 2.05) is 28.8 Å². The highest BCUT2D eigenvalue weighted by Gasteiger charge is 2.05. The van der Waals surface area contributed by atoms with Crippen LogP contribution in [0.4, 0.5) is 0 Å². The van der Waals surface area contributed by atoms with Crippen LogP contribution >= 0.6 is 24.0 Å². The second kappa shape index (κ2) is 11.2. The number of nitrogens with zero attached hydrogens (tertiary/aromatic N) is 4. The molecule has 2 N–H and O–H groups in total. The molecule has 7 nitrogen and oxygen atoms in total. The summed E-state index contributed by atoms with van der Waals surface area (Å²) < 4.78 is 7.53.